The third-order valence-corrected chi connectivity index (χ3v) is 4.46. The van der Waals surface area contributed by atoms with E-state index in [2.05, 4.69) is 15.7 Å². The van der Waals surface area contributed by atoms with Gasteiger partial charge in [-0.2, -0.15) is 5.10 Å². The third-order valence-electron chi connectivity index (χ3n) is 4.46. The van der Waals surface area contributed by atoms with Crippen LogP contribution in [0.3, 0.4) is 0 Å². The van der Waals surface area contributed by atoms with Gasteiger partial charge in [0.1, 0.15) is 0 Å². The number of likely N-dealkylation sites (N-methyl/N-ethyl adjacent to an activating group) is 1. The Morgan fingerprint density at radius 3 is 2.46 bits per heavy atom. The summed E-state index contributed by atoms with van der Waals surface area (Å²) in [6.07, 6.45) is 0.245. The van der Waals surface area contributed by atoms with Crippen LogP contribution in [0, 0.1) is 20.8 Å². The summed E-state index contributed by atoms with van der Waals surface area (Å²) in [6, 6.07) is 7.02. The van der Waals surface area contributed by atoms with Crippen molar-refractivity contribution in [3.63, 3.8) is 0 Å². The summed E-state index contributed by atoms with van der Waals surface area (Å²) in [7, 11) is 3.43. The second-order valence-electron chi connectivity index (χ2n) is 6.52. The van der Waals surface area contributed by atoms with E-state index in [0.29, 0.717) is 18.8 Å². The van der Waals surface area contributed by atoms with E-state index in [1.54, 1.807) is 20.2 Å². The number of nitrogens with zero attached hydrogens (tertiary/aromatic N) is 3. The van der Waals surface area contributed by atoms with E-state index < -0.39 is 0 Å². The first kappa shape index (κ1) is 19.5. The van der Waals surface area contributed by atoms with Crippen LogP contribution < -0.4 is 10.6 Å². The van der Waals surface area contributed by atoms with Crippen molar-refractivity contribution in [2.75, 3.05) is 26.0 Å². The monoisotopic (exact) mass is 357 g/mol. The lowest BCUT2D eigenvalue weighted by Crippen LogP contribution is -2.32. The number of benzene rings is 1. The molecule has 0 atom stereocenters. The number of hydrogen-bond acceptors (Lipinski definition) is 3. The van der Waals surface area contributed by atoms with Crippen molar-refractivity contribution in [3.8, 4) is 0 Å². The summed E-state index contributed by atoms with van der Waals surface area (Å²) >= 11 is 0. The van der Waals surface area contributed by atoms with Crippen LogP contribution in [0.2, 0.25) is 0 Å². The summed E-state index contributed by atoms with van der Waals surface area (Å²) in [5, 5.41) is 10.1. The number of aryl methyl sites for hydroxylation is 1. The molecule has 0 saturated carbocycles. The zero-order chi connectivity index (χ0) is 19.3. The van der Waals surface area contributed by atoms with E-state index in [1.807, 2.05) is 43.7 Å². The summed E-state index contributed by atoms with van der Waals surface area (Å²) in [4.78, 5) is 25.6. The Hall–Kier alpha value is -2.83. The lowest BCUT2D eigenvalue weighted by Gasteiger charge is -2.14. The van der Waals surface area contributed by atoms with Crippen LogP contribution in [0.4, 0.5) is 10.5 Å². The SMILES string of the molecule is Cc1nn(CCNC(=O)Nc2ccccc2CC(=O)N(C)C)c(C)c1C. The zero-order valence-electron chi connectivity index (χ0n) is 16.1. The summed E-state index contributed by atoms with van der Waals surface area (Å²) < 4.78 is 1.90. The van der Waals surface area contributed by atoms with Crippen molar-refractivity contribution in [1.29, 1.82) is 0 Å². The van der Waals surface area contributed by atoms with E-state index in [9.17, 15) is 9.59 Å². The lowest BCUT2D eigenvalue weighted by molar-refractivity contribution is -0.127. The Kier molecular flexibility index (Phi) is 6.38. The first-order valence-corrected chi connectivity index (χ1v) is 8.63. The smallest absolute Gasteiger partial charge is 0.319 e. The molecular formula is C19H27N5O2. The molecule has 2 rings (SSSR count). The molecule has 3 amide bonds. The first-order chi connectivity index (χ1) is 12.3. The molecule has 0 aliphatic rings. The predicted molar refractivity (Wildman–Crippen MR) is 102 cm³/mol. The quantitative estimate of drug-likeness (QED) is 0.832. The normalized spacial score (nSPS) is 10.5. The summed E-state index contributed by atoms with van der Waals surface area (Å²) in [6.45, 7) is 7.11. The molecule has 1 aromatic heterocycles. The number of carbonyl (C=O) groups excluding carboxylic acids is 2. The fourth-order valence-corrected chi connectivity index (χ4v) is 2.56. The molecule has 0 aliphatic carbocycles. The molecule has 1 aromatic carbocycles. The highest BCUT2D eigenvalue weighted by atomic mass is 16.2. The fourth-order valence-electron chi connectivity index (χ4n) is 2.56. The van der Waals surface area contributed by atoms with Crippen molar-refractivity contribution in [2.45, 2.75) is 33.7 Å². The molecule has 0 aliphatic heterocycles. The van der Waals surface area contributed by atoms with E-state index in [4.69, 9.17) is 0 Å². The number of amides is 3. The molecule has 26 heavy (non-hydrogen) atoms. The van der Waals surface area contributed by atoms with Crippen LogP contribution >= 0.6 is 0 Å². The van der Waals surface area contributed by atoms with E-state index in [0.717, 1.165) is 17.0 Å². The second-order valence-corrected chi connectivity index (χ2v) is 6.52. The van der Waals surface area contributed by atoms with Gasteiger partial charge in [-0.1, -0.05) is 18.2 Å². The zero-order valence-corrected chi connectivity index (χ0v) is 16.1. The average Bonchev–Trinajstić information content (AvgIpc) is 2.83. The molecule has 140 valence electrons. The number of anilines is 1. The third kappa shape index (κ3) is 4.84. The molecule has 0 bridgehead atoms. The van der Waals surface area contributed by atoms with Crippen LogP contribution in [0.5, 0.6) is 0 Å². The van der Waals surface area contributed by atoms with Gasteiger partial charge in [0.05, 0.1) is 18.7 Å². The maximum absolute atomic E-state index is 12.2. The highest BCUT2D eigenvalue weighted by Crippen LogP contribution is 2.16. The Bertz CT molecular complexity index is 795. The molecule has 7 nitrogen and oxygen atoms in total. The van der Waals surface area contributed by atoms with Gasteiger partial charge in [-0.05, 0) is 38.0 Å². The molecular weight excluding hydrogens is 330 g/mol. The number of para-hydroxylation sites is 1. The Labute approximate surface area is 154 Å². The van der Waals surface area contributed by atoms with Gasteiger partial charge < -0.3 is 15.5 Å². The standard InChI is InChI=1S/C19H27N5O2/c1-13-14(2)22-24(15(13)3)11-10-20-19(26)21-17-9-7-6-8-16(17)12-18(25)23(4)5/h6-9H,10-12H2,1-5H3,(H2,20,21,26). The highest BCUT2D eigenvalue weighted by molar-refractivity contribution is 5.91. The van der Waals surface area contributed by atoms with Crippen LogP contribution in [0.25, 0.3) is 0 Å². The van der Waals surface area contributed by atoms with Crippen molar-refractivity contribution >= 4 is 17.6 Å². The molecule has 1 heterocycles. The fraction of sp³-hybridized carbons (Fsp3) is 0.421. The van der Waals surface area contributed by atoms with Gasteiger partial charge in [0.15, 0.2) is 0 Å². The maximum atomic E-state index is 12.2. The van der Waals surface area contributed by atoms with Gasteiger partial charge in [-0.15, -0.1) is 0 Å². The molecule has 0 fully saturated rings. The van der Waals surface area contributed by atoms with Crippen molar-refractivity contribution in [2.24, 2.45) is 0 Å². The second kappa shape index (κ2) is 8.51. The van der Waals surface area contributed by atoms with Gasteiger partial charge in [0, 0.05) is 32.0 Å². The largest absolute Gasteiger partial charge is 0.349 e. The van der Waals surface area contributed by atoms with Gasteiger partial charge in [0.25, 0.3) is 0 Å². The number of hydrogen-bond donors (Lipinski definition) is 2. The molecule has 2 N–H and O–H groups in total. The number of carbonyl (C=O) groups is 2. The van der Waals surface area contributed by atoms with Crippen molar-refractivity contribution < 1.29 is 9.59 Å². The van der Waals surface area contributed by atoms with Gasteiger partial charge in [0.2, 0.25) is 5.91 Å². The topological polar surface area (TPSA) is 79.3 Å². The lowest BCUT2D eigenvalue weighted by atomic mass is 10.1. The Morgan fingerprint density at radius 2 is 1.85 bits per heavy atom. The van der Waals surface area contributed by atoms with Crippen molar-refractivity contribution in [1.82, 2.24) is 20.0 Å². The van der Waals surface area contributed by atoms with Gasteiger partial charge in [-0.3, -0.25) is 9.48 Å². The van der Waals surface area contributed by atoms with Crippen LogP contribution in [-0.2, 0) is 17.8 Å². The van der Waals surface area contributed by atoms with Crippen LogP contribution in [0.1, 0.15) is 22.5 Å². The molecule has 0 unspecified atom stereocenters. The number of aromatic nitrogens is 2. The molecule has 2 aromatic rings. The van der Waals surface area contributed by atoms with Crippen LogP contribution in [-0.4, -0.2) is 47.3 Å². The molecule has 0 saturated heterocycles. The highest BCUT2D eigenvalue weighted by Gasteiger charge is 2.12. The molecule has 7 heteroatoms. The first-order valence-electron chi connectivity index (χ1n) is 8.63. The van der Waals surface area contributed by atoms with Gasteiger partial charge in [-0.25, -0.2) is 4.79 Å². The van der Waals surface area contributed by atoms with Crippen LogP contribution in [0.15, 0.2) is 24.3 Å². The molecule has 0 spiro atoms. The predicted octanol–water partition coefficient (Wildman–Crippen LogP) is 2.26. The number of nitrogens with one attached hydrogen (secondary N) is 2. The summed E-state index contributed by atoms with van der Waals surface area (Å²) in [5.41, 5.74) is 4.72. The Morgan fingerprint density at radius 1 is 1.15 bits per heavy atom. The minimum absolute atomic E-state index is 0.0143. The minimum Gasteiger partial charge on any atom is -0.349 e. The van der Waals surface area contributed by atoms with E-state index in [-0.39, 0.29) is 18.4 Å². The average molecular weight is 357 g/mol. The number of rotatable bonds is 6. The van der Waals surface area contributed by atoms with E-state index in [1.165, 1.54) is 10.5 Å². The van der Waals surface area contributed by atoms with Crippen molar-refractivity contribution in [3.05, 3.63) is 46.8 Å². The number of urea groups is 1. The summed E-state index contributed by atoms with van der Waals surface area (Å²) in [5.74, 6) is -0.0143. The minimum atomic E-state index is -0.298. The van der Waals surface area contributed by atoms with Gasteiger partial charge >= 0.3 is 6.03 Å². The van der Waals surface area contributed by atoms with E-state index >= 15 is 0 Å². The Balaban J connectivity index is 1.91. The maximum Gasteiger partial charge on any atom is 0.319 e. The molecule has 0 radical (unpaired) electrons.